The van der Waals surface area contributed by atoms with Crippen LogP contribution in [0.3, 0.4) is 0 Å². The summed E-state index contributed by atoms with van der Waals surface area (Å²) in [5, 5.41) is 0.811. The lowest BCUT2D eigenvalue weighted by atomic mass is 9.97. The van der Waals surface area contributed by atoms with Gasteiger partial charge in [0, 0.05) is 32.3 Å². The smallest absolute Gasteiger partial charge is 0.310 e. The Hall–Kier alpha value is -2.25. The van der Waals surface area contributed by atoms with Gasteiger partial charge in [-0.05, 0) is 56.0 Å². The molecule has 1 fully saturated rings. The van der Waals surface area contributed by atoms with E-state index in [1.54, 1.807) is 24.7 Å². The summed E-state index contributed by atoms with van der Waals surface area (Å²) in [7, 11) is 1.57. The van der Waals surface area contributed by atoms with Gasteiger partial charge in [-0.25, -0.2) is 4.39 Å². The number of piperidine rings is 1. The zero-order valence-corrected chi connectivity index (χ0v) is 16.4. The molecule has 1 atom stereocenters. The molecular formula is C21H27FN2O4. The summed E-state index contributed by atoms with van der Waals surface area (Å²) >= 11 is 0. The molecule has 1 aliphatic heterocycles. The van der Waals surface area contributed by atoms with Crippen LogP contribution < -0.4 is 5.56 Å². The number of likely N-dealkylation sites (tertiary alicyclic amines) is 1. The molecule has 0 amide bonds. The summed E-state index contributed by atoms with van der Waals surface area (Å²) < 4.78 is 25.6. The highest BCUT2D eigenvalue weighted by Gasteiger charge is 2.27. The summed E-state index contributed by atoms with van der Waals surface area (Å²) in [6.07, 6.45) is 1.70. The lowest BCUT2D eigenvalue weighted by molar-refractivity contribution is -0.150. The number of hydrogen-bond donors (Lipinski definition) is 0. The Kier molecular flexibility index (Phi) is 6.80. The van der Waals surface area contributed by atoms with Gasteiger partial charge in [-0.15, -0.1) is 0 Å². The third kappa shape index (κ3) is 4.59. The third-order valence-electron chi connectivity index (χ3n) is 5.17. The van der Waals surface area contributed by atoms with Gasteiger partial charge < -0.3 is 14.0 Å². The molecule has 0 aliphatic carbocycles. The van der Waals surface area contributed by atoms with Crippen molar-refractivity contribution in [2.45, 2.75) is 32.9 Å². The van der Waals surface area contributed by atoms with Crippen molar-refractivity contribution < 1.29 is 18.7 Å². The Morgan fingerprint density at radius 2 is 2.14 bits per heavy atom. The first-order valence-electron chi connectivity index (χ1n) is 9.73. The molecule has 2 heterocycles. The molecule has 1 saturated heterocycles. The van der Waals surface area contributed by atoms with E-state index in [-0.39, 0.29) is 23.3 Å². The first-order valence-corrected chi connectivity index (χ1v) is 9.73. The number of hydrogen-bond acceptors (Lipinski definition) is 5. The molecule has 7 heteroatoms. The zero-order valence-electron chi connectivity index (χ0n) is 16.4. The number of fused-ring (bicyclic) bond motifs is 1. The number of nitrogens with zero attached hydrogens (tertiary/aromatic N) is 2. The van der Waals surface area contributed by atoms with E-state index in [0.717, 1.165) is 24.8 Å². The minimum Gasteiger partial charge on any atom is -0.466 e. The van der Waals surface area contributed by atoms with Gasteiger partial charge in [-0.2, -0.15) is 0 Å². The average molecular weight is 390 g/mol. The zero-order chi connectivity index (χ0) is 20.1. The first kappa shape index (κ1) is 20.5. The van der Waals surface area contributed by atoms with Crippen LogP contribution in [0.25, 0.3) is 10.9 Å². The normalized spacial score (nSPS) is 17.8. The van der Waals surface area contributed by atoms with Gasteiger partial charge in [0.15, 0.2) is 0 Å². The molecule has 28 heavy (non-hydrogen) atoms. The standard InChI is InChI=1S/C21H27FN2O4/c1-3-28-21(26)16-5-4-8-23(13-16)14-17-11-15-6-7-18(22)12-19(15)24(20(17)25)9-10-27-2/h6-7,11-12,16H,3-5,8-10,13-14H2,1-2H3. The van der Waals surface area contributed by atoms with Gasteiger partial charge in [0.25, 0.3) is 5.56 Å². The molecule has 0 radical (unpaired) electrons. The van der Waals surface area contributed by atoms with E-state index in [2.05, 4.69) is 4.90 Å². The second kappa shape index (κ2) is 9.30. The van der Waals surface area contributed by atoms with Gasteiger partial charge in [0.2, 0.25) is 0 Å². The van der Waals surface area contributed by atoms with Crippen molar-refractivity contribution in [3.8, 4) is 0 Å². The highest BCUT2D eigenvalue weighted by Crippen LogP contribution is 2.21. The largest absolute Gasteiger partial charge is 0.466 e. The summed E-state index contributed by atoms with van der Waals surface area (Å²) in [6.45, 7) is 4.76. The second-order valence-corrected chi connectivity index (χ2v) is 7.15. The fraction of sp³-hybridized carbons (Fsp3) is 0.524. The monoisotopic (exact) mass is 390 g/mol. The van der Waals surface area contributed by atoms with E-state index in [1.807, 2.05) is 6.07 Å². The number of aromatic nitrogens is 1. The molecule has 0 bridgehead atoms. The Labute approximate surface area is 163 Å². The van der Waals surface area contributed by atoms with E-state index in [4.69, 9.17) is 9.47 Å². The third-order valence-corrected chi connectivity index (χ3v) is 5.17. The van der Waals surface area contributed by atoms with E-state index in [0.29, 0.717) is 43.9 Å². The van der Waals surface area contributed by atoms with E-state index >= 15 is 0 Å². The van der Waals surface area contributed by atoms with Crippen LogP contribution in [0.5, 0.6) is 0 Å². The van der Waals surface area contributed by atoms with Gasteiger partial charge in [0.1, 0.15) is 5.82 Å². The molecule has 2 aromatic rings. The molecular weight excluding hydrogens is 363 g/mol. The number of esters is 1. The predicted molar refractivity (Wildman–Crippen MR) is 105 cm³/mol. The maximum absolute atomic E-state index is 13.7. The summed E-state index contributed by atoms with van der Waals surface area (Å²) in [5.41, 5.74) is 1.06. The highest BCUT2D eigenvalue weighted by atomic mass is 19.1. The van der Waals surface area contributed by atoms with Crippen LogP contribution in [0.4, 0.5) is 4.39 Å². The fourth-order valence-electron chi connectivity index (χ4n) is 3.82. The summed E-state index contributed by atoms with van der Waals surface area (Å²) in [5.74, 6) is -0.697. The van der Waals surface area contributed by atoms with Crippen molar-refractivity contribution in [1.82, 2.24) is 9.47 Å². The molecule has 0 saturated carbocycles. The minimum absolute atomic E-state index is 0.145. The molecule has 1 aromatic heterocycles. The van der Waals surface area contributed by atoms with E-state index in [9.17, 15) is 14.0 Å². The Bertz CT molecular complexity index is 896. The quantitative estimate of drug-likeness (QED) is 0.680. The number of pyridine rings is 1. The van der Waals surface area contributed by atoms with E-state index < -0.39 is 0 Å². The minimum atomic E-state index is -0.376. The van der Waals surface area contributed by atoms with Crippen molar-refractivity contribution in [2.24, 2.45) is 5.92 Å². The van der Waals surface area contributed by atoms with E-state index in [1.165, 1.54) is 12.1 Å². The van der Waals surface area contributed by atoms with Crippen LogP contribution >= 0.6 is 0 Å². The molecule has 1 aromatic carbocycles. The van der Waals surface area contributed by atoms with Gasteiger partial charge in [-0.1, -0.05) is 0 Å². The lowest BCUT2D eigenvalue weighted by Gasteiger charge is -2.31. The molecule has 1 unspecified atom stereocenters. The van der Waals surface area contributed by atoms with Crippen molar-refractivity contribution in [2.75, 3.05) is 33.4 Å². The number of halogens is 1. The number of methoxy groups -OCH3 is 1. The molecule has 0 spiro atoms. The van der Waals surface area contributed by atoms with Crippen molar-refractivity contribution in [3.05, 3.63) is 46.0 Å². The fourth-order valence-corrected chi connectivity index (χ4v) is 3.82. The van der Waals surface area contributed by atoms with Crippen LogP contribution in [0, 0.1) is 11.7 Å². The number of benzene rings is 1. The highest BCUT2D eigenvalue weighted by molar-refractivity contribution is 5.79. The molecule has 1 aliphatic rings. The van der Waals surface area contributed by atoms with Gasteiger partial charge in [0.05, 0.1) is 24.6 Å². The Morgan fingerprint density at radius 1 is 1.32 bits per heavy atom. The molecule has 6 nitrogen and oxygen atoms in total. The van der Waals surface area contributed by atoms with Crippen LogP contribution in [0.1, 0.15) is 25.3 Å². The second-order valence-electron chi connectivity index (χ2n) is 7.15. The molecule has 152 valence electrons. The van der Waals surface area contributed by atoms with Crippen molar-refractivity contribution >= 4 is 16.9 Å². The van der Waals surface area contributed by atoms with Crippen LogP contribution in [-0.2, 0) is 27.4 Å². The topological polar surface area (TPSA) is 60.8 Å². The predicted octanol–water partition coefficient (Wildman–Crippen LogP) is 2.56. The number of rotatable bonds is 7. The maximum atomic E-state index is 13.7. The van der Waals surface area contributed by atoms with Crippen LogP contribution in [0.2, 0.25) is 0 Å². The van der Waals surface area contributed by atoms with Gasteiger partial charge >= 0.3 is 5.97 Å². The van der Waals surface area contributed by atoms with Crippen molar-refractivity contribution in [1.29, 1.82) is 0 Å². The number of ether oxygens (including phenoxy) is 2. The molecule has 0 N–H and O–H groups in total. The Morgan fingerprint density at radius 3 is 2.89 bits per heavy atom. The summed E-state index contributed by atoms with van der Waals surface area (Å²) in [6, 6.07) is 6.30. The maximum Gasteiger partial charge on any atom is 0.310 e. The van der Waals surface area contributed by atoms with Gasteiger partial charge in [-0.3, -0.25) is 14.5 Å². The first-order chi connectivity index (χ1) is 13.5. The Balaban J connectivity index is 1.88. The number of carbonyl (C=O) groups excluding carboxylic acids is 1. The summed E-state index contributed by atoms with van der Waals surface area (Å²) in [4.78, 5) is 27.3. The lowest BCUT2D eigenvalue weighted by Crippen LogP contribution is -2.40. The van der Waals surface area contributed by atoms with Crippen LogP contribution in [0.15, 0.2) is 29.1 Å². The van der Waals surface area contributed by atoms with Crippen LogP contribution in [-0.4, -0.2) is 48.8 Å². The number of carbonyl (C=O) groups is 1. The van der Waals surface area contributed by atoms with Crippen molar-refractivity contribution in [3.63, 3.8) is 0 Å². The molecule has 3 rings (SSSR count). The SMILES string of the molecule is CCOC(=O)C1CCCN(Cc2cc3ccc(F)cc3n(CCOC)c2=O)C1. The average Bonchev–Trinajstić information content (AvgIpc) is 2.69.